The highest BCUT2D eigenvalue weighted by Crippen LogP contribution is 2.21. The highest BCUT2D eigenvalue weighted by molar-refractivity contribution is 7.92. The first-order valence-electron chi connectivity index (χ1n) is 5.56. The second kappa shape index (κ2) is 5.33. The van der Waals surface area contributed by atoms with Gasteiger partial charge >= 0.3 is 5.97 Å². The Balaban J connectivity index is 2.36. The number of carbonyl (C=O) groups is 1. The van der Waals surface area contributed by atoms with Gasteiger partial charge in [0.2, 0.25) is 10.8 Å². The molecule has 106 valence electrons. The first-order valence-corrected chi connectivity index (χ1v) is 7.00. The van der Waals surface area contributed by atoms with Crippen LogP contribution in [0.25, 0.3) is 0 Å². The summed E-state index contributed by atoms with van der Waals surface area (Å²) in [5, 5.41) is 3.04. The number of anilines is 1. The molecule has 0 aliphatic carbocycles. The summed E-state index contributed by atoms with van der Waals surface area (Å²) >= 11 is 0. The summed E-state index contributed by atoms with van der Waals surface area (Å²) in [6.07, 6.45) is 0. The third kappa shape index (κ3) is 2.50. The molecule has 0 atom stereocenters. The van der Waals surface area contributed by atoms with Gasteiger partial charge in [-0.3, -0.25) is 4.31 Å². The van der Waals surface area contributed by atoms with E-state index in [0.717, 1.165) is 17.5 Å². The van der Waals surface area contributed by atoms with Crippen LogP contribution in [0, 0.1) is 0 Å². The van der Waals surface area contributed by atoms with Crippen LogP contribution in [0.15, 0.2) is 45.9 Å². The lowest BCUT2D eigenvalue weighted by molar-refractivity contribution is 0.0554. The number of nitrogens with zero attached hydrogens (tertiary/aromatic N) is 2. The predicted octanol–water partition coefficient (Wildman–Crippen LogP) is 1.29. The van der Waals surface area contributed by atoms with Gasteiger partial charge in [0.05, 0.1) is 12.8 Å². The van der Waals surface area contributed by atoms with Gasteiger partial charge in [0, 0.05) is 13.1 Å². The molecule has 0 saturated carbocycles. The maximum Gasteiger partial charge on any atom is 0.376 e. The van der Waals surface area contributed by atoms with E-state index in [-0.39, 0.29) is 10.8 Å². The van der Waals surface area contributed by atoms with Gasteiger partial charge in [0.15, 0.2) is 0 Å². The largest absolute Gasteiger partial charge is 0.463 e. The minimum absolute atomic E-state index is 0.271. The van der Waals surface area contributed by atoms with Gasteiger partial charge in [-0.1, -0.05) is 23.4 Å². The van der Waals surface area contributed by atoms with Crippen LogP contribution in [-0.2, 0) is 14.8 Å². The van der Waals surface area contributed by atoms with Crippen molar-refractivity contribution < 1.29 is 22.5 Å². The Morgan fingerprint density at radius 3 is 2.55 bits per heavy atom. The van der Waals surface area contributed by atoms with Crippen molar-refractivity contribution in [2.45, 2.75) is 5.03 Å². The van der Waals surface area contributed by atoms with Crippen LogP contribution in [-0.4, -0.2) is 33.7 Å². The number of esters is 1. The molecule has 0 aliphatic heterocycles. The van der Waals surface area contributed by atoms with Crippen LogP contribution in [0.2, 0.25) is 0 Å². The first-order chi connectivity index (χ1) is 9.46. The fourth-order valence-electron chi connectivity index (χ4n) is 1.49. The van der Waals surface area contributed by atoms with E-state index in [2.05, 4.69) is 14.4 Å². The first kappa shape index (κ1) is 14.1. The SMILES string of the molecule is COC(=O)c1cc(S(=O)(=O)N(C)c2ccccc2)no1. The Labute approximate surface area is 115 Å². The van der Waals surface area contributed by atoms with Crippen LogP contribution in [0.5, 0.6) is 0 Å². The van der Waals surface area contributed by atoms with Gasteiger partial charge in [0.25, 0.3) is 10.0 Å². The minimum Gasteiger partial charge on any atom is -0.463 e. The minimum atomic E-state index is -3.89. The number of carbonyl (C=O) groups excluding carboxylic acids is 1. The lowest BCUT2D eigenvalue weighted by Gasteiger charge is -2.17. The molecule has 8 heteroatoms. The van der Waals surface area contributed by atoms with Crippen LogP contribution >= 0.6 is 0 Å². The molecule has 0 radical (unpaired) electrons. The normalized spacial score (nSPS) is 11.1. The molecule has 0 aliphatic rings. The Bertz CT molecular complexity index is 708. The second-order valence-electron chi connectivity index (χ2n) is 3.83. The van der Waals surface area contributed by atoms with Crippen molar-refractivity contribution in [1.82, 2.24) is 5.16 Å². The average Bonchev–Trinajstić information content (AvgIpc) is 2.97. The molecule has 2 rings (SSSR count). The van der Waals surface area contributed by atoms with Gasteiger partial charge in [-0.25, -0.2) is 4.79 Å². The Hall–Kier alpha value is -2.35. The Morgan fingerprint density at radius 2 is 1.95 bits per heavy atom. The van der Waals surface area contributed by atoms with E-state index in [9.17, 15) is 13.2 Å². The molecule has 0 amide bonds. The van der Waals surface area contributed by atoms with Gasteiger partial charge in [-0.15, -0.1) is 0 Å². The van der Waals surface area contributed by atoms with Crippen molar-refractivity contribution in [3.63, 3.8) is 0 Å². The summed E-state index contributed by atoms with van der Waals surface area (Å²) in [6.45, 7) is 0. The molecule has 0 spiro atoms. The van der Waals surface area contributed by atoms with E-state index < -0.39 is 16.0 Å². The molecule has 2 aromatic rings. The number of hydrogen-bond donors (Lipinski definition) is 0. The van der Waals surface area contributed by atoms with Crippen LogP contribution in [0.3, 0.4) is 0 Å². The quantitative estimate of drug-likeness (QED) is 0.790. The van der Waals surface area contributed by atoms with Crippen molar-refractivity contribution in [3.8, 4) is 0 Å². The van der Waals surface area contributed by atoms with Crippen molar-refractivity contribution in [1.29, 1.82) is 0 Å². The van der Waals surface area contributed by atoms with E-state index in [1.165, 1.54) is 7.05 Å². The lowest BCUT2D eigenvalue weighted by atomic mass is 10.3. The molecule has 0 N–H and O–H groups in total. The summed E-state index contributed by atoms with van der Waals surface area (Å²) in [5.74, 6) is -1.06. The molecule has 20 heavy (non-hydrogen) atoms. The number of hydrogen-bond acceptors (Lipinski definition) is 6. The van der Waals surface area contributed by atoms with E-state index in [0.29, 0.717) is 5.69 Å². The Kier molecular flexibility index (Phi) is 3.75. The number of aromatic nitrogens is 1. The van der Waals surface area contributed by atoms with E-state index in [4.69, 9.17) is 0 Å². The molecule has 1 aromatic heterocycles. The smallest absolute Gasteiger partial charge is 0.376 e. The summed E-state index contributed by atoms with van der Waals surface area (Å²) in [6, 6.07) is 9.50. The van der Waals surface area contributed by atoms with Gasteiger partial charge in [0.1, 0.15) is 0 Å². The summed E-state index contributed by atoms with van der Waals surface area (Å²) < 4.78 is 34.7. The van der Waals surface area contributed by atoms with Crippen LogP contribution < -0.4 is 4.31 Å². The molecular weight excluding hydrogens is 284 g/mol. The summed E-state index contributed by atoms with van der Waals surface area (Å²) in [7, 11) is -1.34. The van der Waals surface area contributed by atoms with Gasteiger partial charge in [-0.2, -0.15) is 8.42 Å². The van der Waals surface area contributed by atoms with Crippen LogP contribution in [0.1, 0.15) is 10.6 Å². The molecule has 0 fully saturated rings. The topological polar surface area (TPSA) is 89.7 Å². The maximum absolute atomic E-state index is 12.3. The molecule has 7 nitrogen and oxygen atoms in total. The summed E-state index contributed by atoms with van der Waals surface area (Å²) in [5.41, 5.74) is 0.468. The highest BCUT2D eigenvalue weighted by Gasteiger charge is 2.27. The van der Waals surface area contributed by atoms with Crippen molar-refractivity contribution in [2.24, 2.45) is 0 Å². The Morgan fingerprint density at radius 1 is 1.30 bits per heavy atom. The number of para-hydroxylation sites is 1. The lowest BCUT2D eigenvalue weighted by Crippen LogP contribution is -2.26. The van der Waals surface area contributed by atoms with Gasteiger partial charge < -0.3 is 9.26 Å². The molecule has 1 heterocycles. The number of ether oxygens (including phenoxy) is 1. The number of methoxy groups -OCH3 is 1. The molecular formula is C12H12N2O5S. The second-order valence-corrected chi connectivity index (χ2v) is 5.75. The van der Waals surface area contributed by atoms with E-state index in [1.54, 1.807) is 30.3 Å². The monoisotopic (exact) mass is 296 g/mol. The van der Waals surface area contributed by atoms with Crippen molar-refractivity contribution in [2.75, 3.05) is 18.5 Å². The van der Waals surface area contributed by atoms with E-state index >= 15 is 0 Å². The maximum atomic E-state index is 12.3. The zero-order valence-corrected chi connectivity index (χ0v) is 11.6. The number of rotatable bonds is 4. The van der Waals surface area contributed by atoms with Crippen molar-refractivity contribution >= 4 is 21.7 Å². The third-order valence-corrected chi connectivity index (χ3v) is 4.27. The molecule has 1 aromatic carbocycles. The zero-order chi connectivity index (χ0) is 14.8. The predicted molar refractivity (Wildman–Crippen MR) is 69.9 cm³/mol. The average molecular weight is 296 g/mol. The molecule has 0 bridgehead atoms. The third-order valence-electron chi connectivity index (χ3n) is 2.62. The standard InChI is InChI=1S/C12H12N2O5S/c1-14(9-6-4-3-5-7-9)20(16,17)11-8-10(19-13-11)12(15)18-2/h3-8H,1-2H3. The van der Waals surface area contributed by atoms with Gasteiger partial charge in [-0.05, 0) is 12.1 Å². The van der Waals surface area contributed by atoms with Crippen molar-refractivity contribution in [3.05, 3.63) is 42.2 Å². The summed E-state index contributed by atoms with van der Waals surface area (Å²) in [4.78, 5) is 11.2. The number of sulfonamides is 1. The zero-order valence-electron chi connectivity index (χ0n) is 10.8. The number of benzene rings is 1. The fraction of sp³-hybridized carbons (Fsp3) is 0.167. The van der Waals surface area contributed by atoms with Crippen LogP contribution in [0.4, 0.5) is 5.69 Å². The highest BCUT2D eigenvalue weighted by atomic mass is 32.2. The molecule has 0 unspecified atom stereocenters. The van der Waals surface area contributed by atoms with E-state index in [1.807, 2.05) is 0 Å². The molecule has 0 saturated heterocycles. The fourth-order valence-corrected chi connectivity index (χ4v) is 2.56.